The molecule has 2 aliphatic rings. The lowest BCUT2D eigenvalue weighted by molar-refractivity contribution is 0.0339. The summed E-state index contributed by atoms with van der Waals surface area (Å²) in [6.07, 6.45) is 2.14. The molecule has 1 saturated heterocycles. The molecule has 0 bridgehead atoms. The monoisotopic (exact) mass is 388 g/mol. The van der Waals surface area contributed by atoms with Gasteiger partial charge >= 0.3 is 0 Å². The molecule has 2 N–H and O–H groups in total. The SMILES string of the molecule is O=C(CN1CC2CC(O)(Cc3c(F)cccc3F)C[C@H]2C1)c1ccc(O)cn1. The van der Waals surface area contributed by atoms with Gasteiger partial charge in [0.2, 0.25) is 0 Å². The summed E-state index contributed by atoms with van der Waals surface area (Å²) in [7, 11) is 0. The molecule has 2 unspecified atom stereocenters. The van der Waals surface area contributed by atoms with Crippen LogP contribution < -0.4 is 0 Å². The van der Waals surface area contributed by atoms with Crippen LogP contribution in [0.4, 0.5) is 8.78 Å². The van der Waals surface area contributed by atoms with E-state index in [2.05, 4.69) is 4.98 Å². The van der Waals surface area contributed by atoms with Gasteiger partial charge in [-0.05, 0) is 48.9 Å². The molecule has 2 aromatic rings. The van der Waals surface area contributed by atoms with Crippen LogP contribution in [-0.2, 0) is 6.42 Å². The molecule has 7 heteroatoms. The van der Waals surface area contributed by atoms with E-state index < -0.39 is 17.2 Å². The fourth-order valence-electron chi connectivity index (χ4n) is 4.70. The molecule has 28 heavy (non-hydrogen) atoms. The number of Topliss-reactive ketones (excluding diaryl/α,β-unsaturated/α-hetero) is 1. The van der Waals surface area contributed by atoms with Crippen molar-refractivity contribution >= 4 is 5.78 Å². The standard InChI is InChI=1S/C21H22F2N2O3/c22-17-2-1-3-18(23)16(17)8-21(28)6-13-10-25(11-14(13)7-21)12-20(27)19-5-4-15(26)9-24-19/h1-5,9,13-14,26,28H,6-8,10-12H2/t13-,14?,21?/m0/s1. The quantitative estimate of drug-likeness (QED) is 0.771. The van der Waals surface area contributed by atoms with Crippen LogP contribution in [0.2, 0.25) is 0 Å². The number of nitrogens with zero attached hydrogens (tertiary/aromatic N) is 2. The highest BCUT2D eigenvalue weighted by Gasteiger charge is 2.48. The third-order valence-corrected chi connectivity index (χ3v) is 5.90. The number of carbonyl (C=O) groups excluding carboxylic acids is 1. The molecular weight excluding hydrogens is 366 g/mol. The summed E-state index contributed by atoms with van der Waals surface area (Å²) in [4.78, 5) is 18.3. The molecule has 1 aliphatic carbocycles. The Morgan fingerprint density at radius 2 is 1.79 bits per heavy atom. The van der Waals surface area contributed by atoms with Crippen molar-refractivity contribution in [1.29, 1.82) is 0 Å². The number of rotatable bonds is 5. The molecule has 5 nitrogen and oxygen atoms in total. The highest BCUT2D eigenvalue weighted by Crippen LogP contribution is 2.45. The second-order valence-electron chi connectivity index (χ2n) is 8.05. The van der Waals surface area contributed by atoms with Crippen molar-refractivity contribution in [1.82, 2.24) is 9.88 Å². The van der Waals surface area contributed by atoms with Crippen LogP contribution in [-0.4, -0.2) is 51.1 Å². The summed E-state index contributed by atoms with van der Waals surface area (Å²) in [5.41, 5.74) is -0.871. The first-order valence-corrected chi connectivity index (χ1v) is 9.39. The van der Waals surface area contributed by atoms with E-state index in [1.807, 2.05) is 4.90 Å². The van der Waals surface area contributed by atoms with E-state index in [4.69, 9.17) is 0 Å². The Bertz CT molecular complexity index is 853. The number of halogens is 2. The number of hydrogen-bond acceptors (Lipinski definition) is 5. The molecule has 1 aliphatic heterocycles. The topological polar surface area (TPSA) is 73.7 Å². The first kappa shape index (κ1) is 19.0. The lowest BCUT2D eigenvalue weighted by Gasteiger charge is -2.26. The zero-order chi connectivity index (χ0) is 19.9. The minimum atomic E-state index is -1.12. The van der Waals surface area contributed by atoms with Crippen molar-refractivity contribution in [3.05, 3.63) is 59.4 Å². The van der Waals surface area contributed by atoms with Gasteiger partial charge in [0.15, 0.2) is 5.78 Å². The van der Waals surface area contributed by atoms with Crippen LogP contribution in [0.25, 0.3) is 0 Å². The van der Waals surface area contributed by atoms with Gasteiger partial charge in [0.05, 0.1) is 18.3 Å². The number of aromatic hydroxyl groups is 1. The average molecular weight is 388 g/mol. The number of likely N-dealkylation sites (tertiary alicyclic amines) is 1. The second-order valence-corrected chi connectivity index (χ2v) is 8.05. The third kappa shape index (κ3) is 3.77. The van der Waals surface area contributed by atoms with Crippen molar-refractivity contribution in [2.24, 2.45) is 11.8 Å². The van der Waals surface area contributed by atoms with Crippen molar-refractivity contribution < 1.29 is 23.8 Å². The molecule has 1 aromatic carbocycles. The molecule has 4 rings (SSSR count). The maximum absolute atomic E-state index is 13.9. The van der Waals surface area contributed by atoms with E-state index in [0.29, 0.717) is 31.6 Å². The number of pyridine rings is 1. The Labute approximate surface area is 161 Å². The van der Waals surface area contributed by atoms with Crippen LogP contribution in [0.1, 0.15) is 28.9 Å². The number of aliphatic hydroxyl groups is 1. The smallest absolute Gasteiger partial charge is 0.195 e. The number of aromatic nitrogens is 1. The lowest BCUT2D eigenvalue weighted by atomic mass is 9.90. The number of benzene rings is 1. The van der Waals surface area contributed by atoms with Crippen molar-refractivity contribution in [2.45, 2.75) is 24.9 Å². The van der Waals surface area contributed by atoms with E-state index in [1.54, 1.807) is 0 Å². The predicted molar refractivity (Wildman–Crippen MR) is 97.9 cm³/mol. The fraction of sp³-hybridized carbons (Fsp3) is 0.429. The van der Waals surface area contributed by atoms with Gasteiger partial charge in [-0.15, -0.1) is 0 Å². The molecule has 0 spiro atoms. The van der Waals surface area contributed by atoms with Gasteiger partial charge in [0, 0.05) is 25.1 Å². The molecule has 3 atom stereocenters. The molecule has 148 valence electrons. The Kier molecular flexibility index (Phi) is 4.89. The average Bonchev–Trinajstić information content (AvgIpc) is 3.13. The summed E-state index contributed by atoms with van der Waals surface area (Å²) in [5.74, 6) is -0.972. The first-order valence-electron chi connectivity index (χ1n) is 9.39. The maximum atomic E-state index is 13.9. The van der Waals surface area contributed by atoms with Crippen LogP contribution in [0.5, 0.6) is 5.75 Å². The zero-order valence-corrected chi connectivity index (χ0v) is 15.3. The van der Waals surface area contributed by atoms with Gasteiger partial charge in [0.25, 0.3) is 0 Å². The Morgan fingerprint density at radius 3 is 2.36 bits per heavy atom. The normalized spacial score (nSPS) is 27.1. The summed E-state index contributed by atoms with van der Waals surface area (Å²) < 4.78 is 27.9. The van der Waals surface area contributed by atoms with E-state index in [-0.39, 0.29) is 41.9 Å². The summed E-state index contributed by atoms with van der Waals surface area (Å²) >= 11 is 0. The summed E-state index contributed by atoms with van der Waals surface area (Å²) in [6.45, 7) is 1.55. The van der Waals surface area contributed by atoms with Gasteiger partial charge in [-0.25, -0.2) is 13.8 Å². The largest absolute Gasteiger partial charge is 0.506 e. The zero-order valence-electron chi connectivity index (χ0n) is 15.3. The number of carbonyl (C=O) groups is 1. The van der Waals surface area contributed by atoms with Crippen LogP contribution in [0, 0.1) is 23.5 Å². The summed E-state index contributed by atoms with van der Waals surface area (Å²) in [5, 5.41) is 20.2. The van der Waals surface area contributed by atoms with Gasteiger partial charge in [-0.2, -0.15) is 0 Å². The molecule has 1 saturated carbocycles. The molecule has 1 aromatic heterocycles. The van der Waals surface area contributed by atoms with Gasteiger partial charge < -0.3 is 10.2 Å². The predicted octanol–water partition coefficient (Wildman–Crippen LogP) is 2.56. The van der Waals surface area contributed by atoms with Gasteiger partial charge in [0.1, 0.15) is 23.1 Å². The number of ketones is 1. The second kappa shape index (κ2) is 7.22. The molecule has 2 fully saturated rings. The van der Waals surface area contributed by atoms with E-state index in [0.717, 1.165) is 0 Å². The molecular formula is C21H22F2N2O3. The highest BCUT2D eigenvalue weighted by molar-refractivity contribution is 5.95. The Morgan fingerprint density at radius 1 is 1.14 bits per heavy atom. The van der Waals surface area contributed by atoms with Crippen LogP contribution in [0.15, 0.2) is 36.5 Å². The van der Waals surface area contributed by atoms with Crippen molar-refractivity contribution in [2.75, 3.05) is 19.6 Å². The van der Waals surface area contributed by atoms with Crippen LogP contribution in [0.3, 0.4) is 0 Å². The van der Waals surface area contributed by atoms with E-state index in [9.17, 15) is 23.8 Å². The Hall–Kier alpha value is -2.38. The highest BCUT2D eigenvalue weighted by atomic mass is 19.1. The third-order valence-electron chi connectivity index (χ3n) is 5.90. The molecule has 0 radical (unpaired) electrons. The number of hydrogen-bond donors (Lipinski definition) is 2. The lowest BCUT2D eigenvalue weighted by Crippen LogP contribution is -2.34. The minimum Gasteiger partial charge on any atom is -0.506 e. The van der Waals surface area contributed by atoms with Gasteiger partial charge in [-0.3, -0.25) is 9.69 Å². The maximum Gasteiger partial charge on any atom is 0.195 e. The Balaban J connectivity index is 1.36. The van der Waals surface area contributed by atoms with Gasteiger partial charge in [-0.1, -0.05) is 6.07 Å². The molecule has 0 amide bonds. The van der Waals surface area contributed by atoms with E-state index >= 15 is 0 Å². The van der Waals surface area contributed by atoms with E-state index in [1.165, 1.54) is 36.5 Å². The van der Waals surface area contributed by atoms with Crippen molar-refractivity contribution in [3.63, 3.8) is 0 Å². The minimum absolute atomic E-state index is 0.0119. The summed E-state index contributed by atoms with van der Waals surface area (Å²) in [6, 6.07) is 6.67. The number of fused-ring (bicyclic) bond motifs is 1. The van der Waals surface area contributed by atoms with Crippen LogP contribution >= 0.6 is 0 Å². The first-order chi connectivity index (χ1) is 13.3. The van der Waals surface area contributed by atoms with Crippen molar-refractivity contribution in [3.8, 4) is 5.75 Å². The fourth-order valence-corrected chi connectivity index (χ4v) is 4.70. The molecule has 2 heterocycles.